The fourth-order valence-corrected chi connectivity index (χ4v) is 2.88. The average Bonchev–Trinajstić information content (AvgIpc) is 2.61. The van der Waals surface area contributed by atoms with Crippen LogP contribution in [0.15, 0.2) is 42.7 Å². The summed E-state index contributed by atoms with van der Waals surface area (Å²) in [4.78, 5) is 18.1. The van der Waals surface area contributed by atoms with Gasteiger partial charge < -0.3 is 4.90 Å². The number of benzene rings is 1. The van der Waals surface area contributed by atoms with Crippen LogP contribution >= 0.6 is 0 Å². The van der Waals surface area contributed by atoms with Crippen LogP contribution in [0.3, 0.4) is 0 Å². The van der Waals surface area contributed by atoms with E-state index in [-0.39, 0.29) is 11.8 Å². The maximum Gasteiger partial charge on any atom is 0.253 e. The SMILES string of the molecule is N#CC1CCCN(C(=O)c2cccc(-c3ccncc3F)c2)C1. The lowest BCUT2D eigenvalue weighted by atomic mass is 9.98. The van der Waals surface area contributed by atoms with Gasteiger partial charge in [0.05, 0.1) is 18.2 Å². The van der Waals surface area contributed by atoms with Crippen LogP contribution < -0.4 is 0 Å². The van der Waals surface area contributed by atoms with Gasteiger partial charge in [-0.05, 0) is 36.6 Å². The van der Waals surface area contributed by atoms with Crippen molar-refractivity contribution >= 4 is 5.91 Å². The molecule has 4 nitrogen and oxygen atoms in total. The molecule has 1 aliphatic heterocycles. The summed E-state index contributed by atoms with van der Waals surface area (Å²) in [5.41, 5.74) is 1.57. The van der Waals surface area contributed by atoms with Crippen molar-refractivity contribution in [1.29, 1.82) is 5.26 Å². The maximum atomic E-state index is 13.9. The predicted octanol–water partition coefficient (Wildman–Crippen LogP) is 3.26. The lowest BCUT2D eigenvalue weighted by molar-refractivity contribution is 0.0699. The quantitative estimate of drug-likeness (QED) is 0.855. The summed E-state index contributed by atoms with van der Waals surface area (Å²) < 4.78 is 13.9. The van der Waals surface area contributed by atoms with Crippen LogP contribution in [0.5, 0.6) is 0 Å². The number of piperidine rings is 1. The molecule has 0 bridgehead atoms. The molecule has 5 heteroatoms. The van der Waals surface area contributed by atoms with Gasteiger partial charge in [0, 0.05) is 30.4 Å². The summed E-state index contributed by atoms with van der Waals surface area (Å²) in [6, 6.07) is 10.7. The molecule has 0 saturated carbocycles. The Balaban J connectivity index is 1.87. The van der Waals surface area contributed by atoms with Gasteiger partial charge >= 0.3 is 0 Å². The van der Waals surface area contributed by atoms with Gasteiger partial charge in [0.1, 0.15) is 5.82 Å². The lowest BCUT2D eigenvalue weighted by Crippen LogP contribution is -2.39. The van der Waals surface area contributed by atoms with Crippen LogP contribution in [0.1, 0.15) is 23.2 Å². The molecular weight excluding hydrogens is 293 g/mol. The molecule has 2 aromatic rings. The maximum absolute atomic E-state index is 13.9. The van der Waals surface area contributed by atoms with Gasteiger partial charge in [0.2, 0.25) is 0 Å². The van der Waals surface area contributed by atoms with Gasteiger partial charge in [-0.3, -0.25) is 9.78 Å². The number of rotatable bonds is 2. The Morgan fingerprint density at radius 2 is 2.26 bits per heavy atom. The third-order valence-corrected chi connectivity index (χ3v) is 4.08. The van der Waals surface area contributed by atoms with Crippen LogP contribution in [-0.2, 0) is 0 Å². The van der Waals surface area contributed by atoms with Gasteiger partial charge in [0.25, 0.3) is 5.91 Å². The van der Waals surface area contributed by atoms with Gasteiger partial charge in [-0.25, -0.2) is 4.39 Å². The van der Waals surface area contributed by atoms with Crippen LogP contribution in [-0.4, -0.2) is 28.9 Å². The smallest absolute Gasteiger partial charge is 0.253 e. The summed E-state index contributed by atoms with van der Waals surface area (Å²) in [7, 11) is 0. The highest BCUT2D eigenvalue weighted by atomic mass is 19.1. The highest BCUT2D eigenvalue weighted by Gasteiger charge is 2.24. The number of nitriles is 1. The molecule has 1 unspecified atom stereocenters. The van der Waals surface area contributed by atoms with Gasteiger partial charge in [-0.2, -0.15) is 5.26 Å². The van der Waals surface area contributed by atoms with Crippen molar-refractivity contribution < 1.29 is 9.18 Å². The first-order valence-corrected chi connectivity index (χ1v) is 7.58. The Bertz CT molecular complexity index is 769. The fraction of sp³-hybridized carbons (Fsp3) is 0.278. The number of nitrogens with zero attached hydrogens (tertiary/aromatic N) is 3. The Morgan fingerprint density at radius 3 is 3.04 bits per heavy atom. The fourth-order valence-electron chi connectivity index (χ4n) is 2.88. The van der Waals surface area contributed by atoms with E-state index < -0.39 is 5.82 Å². The molecule has 1 fully saturated rings. The molecule has 23 heavy (non-hydrogen) atoms. The van der Waals surface area contributed by atoms with Crippen LogP contribution in [0, 0.1) is 23.1 Å². The Morgan fingerprint density at radius 1 is 1.39 bits per heavy atom. The number of aromatic nitrogens is 1. The molecule has 0 spiro atoms. The van der Waals surface area contributed by atoms with Gasteiger partial charge in [-0.1, -0.05) is 12.1 Å². The van der Waals surface area contributed by atoms with Crippen molar-refractivity contribution in [1.82, 2.24) is 9.88 Å². The monoisotopic (exact) mass is 309 g/mol. The van der Waals surface area contributed by atoms with E-state index in [1.165, 1.54) is 6.20 Å². The number of pyridine rings is 1. The number of hydrogen-bond acceptors (Lipinski definition) is 3. The molecule has 1 atom stereocenters. The normalized spacial score (nSPS) is 17.6. The van der Waals surface area contributed by atoms with E-state index in [2.05, 4.69) is 11.1 Å². The molecule has 1 aliphatic rings. The Labute approximate surface area is 134 Å². The van der Waals surface area contributed by atoms with E-state index in [1.807, 2.05) is 0 Å². The average molecular weight is 309 g/mol. The molecule has 1 saturated heterocycles. The molecule has 1 aromatic heterocycles. The van der Waals surface area contributed by atoms with E-state index >= 15 is 0 Å². The first kappa shape index (κ1) is 15.2. The van der Waals surface area contributed by atoms with Crippen molar-refractivity contribution in [3.63, 3.8) is 0 Å². The van der Waals surface area contributed by atoms with Crippen LogP contribution in [0.25, 0.3) is 11.1 Å². The second-order valence-electron chi connectivity index (χ2n) is 5.66. The molecule has 2 heterocycles. The van der Waals surface area contributed by atoms with E-state index in [0.29, 0.717) is 29.8 Å². The zero-order valence-corrected chi connectivity index (χ0v) is 12.6. The molecule has 3 rings (SSSR count). The topological polar surface area (TPSA) is 57.0 Å². The first-order chi connectivity index (χ1) is 11.2. The highest BCUT2D eigenvalue weighted by Crippen LogP contribution is 2.24. The molecular formula is C18H16FN3O. The summed E-state index contributed by atoms with van der Waals surface area (Å²) in [5, 5.41) is 9.05. The second kappa shape index (κ2) is 6.57. The summed E-state index contributed by atoms with van der Waals surface area (Å²) in [5.74, 6) is -0.630. The zero-order valence-electron chi connectivity index (χ0n) is 12.6. The lowest BCUT2D eigenvalue weighted by Gasteiger charge is -2.29. The molecule has 0 N–H and O–H groups in total. The number of carbonyl (C=O) groups excluding carboxylic acids is 1. The third kappa shape index (κ3) is 3.21. The second-order valence-corrected chi connectivity index (χ2v) is 5.66. The van der Waals surface area contributed by atoms with Crippen molar-refractivity contribution in [2.45, 2.75) is 12.8 Å². The standard InChI is InChI=1S/C18H16FN3O/c19-17-11-21-7-6-16(17)14-4-1-5-15(9-14)18(23)22-8-2-3-13(10-20)12-22/h1,4-7,9,11,13H,2-3,8,12H2. The van der Waals surface area contributed by atoms with Crippen molar-refractivity contribution in [3.8, 4) is 17.2 Å². The first-order valence-electron chi connectivity index (χ1n) is 7.58. The summed E-state index contributed by atoms with van der Waals surface area (Å²) in [6.07, 6.45) is 4.35. The van der Waals surface area contributed by atoms with E-state index in [9.17, 15) is 9.18 Å². The Kier molecular flexibility index (Phi) is 4.33. The molecule has 1 amide bonds. The van der Waals surface area contributed by atoms with Gasteiger partial charge in [-0.15, -0.1) is 0 Å². The van der Waals surface area contributed by atoms with Crippen LogP contribution in [0.2, 0.25) is 0 Å². The van der Waals surface area contributed by atoms with E-state index in [0.717, 1.165) is 19.0 Å². The summed E-state index contributed by atoms with van der Waals surface area (Å²) in [6.45, 7) is 1.12. The minimum atomic E-state index is -0.417. The Hall–Kier alpha value is -2.74. The number of likely N-dealkylation sites (tertiary alicyclic amines) is 1. The molecule has 1 aromatic carbocycles. The molecule has 116 valence electrons. The van der Waals surface area contributed by atoms with Crippen molar-refractivity contribution in [3.05, 3.63) is 54.1 Å². The van der Waals surface area contributed by atoms with Crippen molar-refractivity contribution in [2.24, 2.45) is 5.92 Å². The minimum Gasteiger partial charge on any atom is -0.337 e. The van der Waals surface area contributed by atoms with E-state index in [1.54, 1.807) is 35.2 Å². The minimum absolute atomic E-state index is 0.103. The van der Waals surface area contributed by atoms with Crippen molar-refractivity contribution in [2.75, 3.05) is 13.1 Å². The van der Waals surface area contributed by atoms with Crippen LogP contribution in [0.4, 0.5) is 4.39 Å². The zero-order chi connectivity index (χ0) is 16.2. The number of carbonyl (C=O) groups is 1. The largest absolute Gasteiger partial charge is 0.337 e. The number of halogens is 1. The van der Waals surface area contributed by atoms with E-state index in [4.69, 9.17) is 5.26 Å². The predicted molar refractivity (Wildman–Crippen MR) is 83.9 cm³/mol. The summed E-state index contributed by atoms with van der Waals surface area (Å²) >= 11 is 0. The molecule has 0 radical (unpaired) electrons. The van der Waals surface area contributed by atoms with Gasteiger partial charge in [0.15, 0.2) is 0 Å². The highest BCUT2D eigenvalue weighted by molar-refractivity contribution is 5.95. The third-order valence-electron chi connectivity index (χ3n) is 4.08. The molecule has 0 aliphatic carbocycles. The number of amides is 1. The number of hydrogen-bond donors (Lipinski definition) is 0.